The Morgan fingerprint density at radius 3 is 1.91 bits per heavy atom. The van der Waals surface area contributed by atoms with Crippen molar-refractivity contribution >= 4 is 70.4 Å². The van der Waals surface area contributed by atoms with Crippen LogP contribution in [0.15, 0.2) is 37.8 Å². The molecular weight excluding hydrogens is 595 g/mol. The van der Waals surface area contributed by atoms with E-state index in [1.807, 2.05) is 51.8 Å². The first-order valence-corrected chi connectivity index (χ1v) is 18.3. The molecule has 0 saturated carbocycles. The summed E-state index contributed by atoms with van der Waals surface area (Å²) >= 11 is 28.0. The molecule has 0 saturated heterocycles. The molecule has 1 unspecified atom stereocenters. The first kappa shape index (κ1) is 35.5. The van der Waals surface area contributed by atoms with Crippen LogP contribution in [0.25, 0.3) is 0 Å². The average Bonchev–Trinajstić information content (AvgIpc) is 3.43. The quantitative estimate of drug-likeness (QED) is 0.128. The largest absolute Gasteiger partial charge is 0.464 e. The van der Waals surface area contributed by atoms with Crippen molar-refractivity contribution in [3.63, 3.8) is 0 Å². The number of furan rings is 2. The summed E-state index contributed by atoms with van der Waals surface area (Å²) in [5.74, 6) is 4.72. The van der Waals surface area contributed by atoms with Gasteiger partial charge >= 0.3 is 0 Å². The smallest absolute Gasteiger partial charge is 0.226 e. The second-order valence-corrected chi connectivity index (χ2v) is 15.1. The fourth-order valence-corrected chi connectivity index (χ4v) is 4.52. The predicted molar refractivity (Wildman–Crippen MR) is 155 cm³/mol. The van der Waals surface area contributed by atoms with Crippen molar-refractivity contribution in [2.24, 2.45) is 4.74 Å². The number of nitrogens with one attached hydrogen (secondary N) is 1. The van der Waals surface area contributed by atoms with Gasteiger partial charge in [-0.15, -0.1) is 23.2 Å². The monoisotopic (exact) mass is 630 g/mol. The van der Waals surface area contributed by atoms with E-state index in [2.05, 4.69) is 10.1 Å². The molecule has 2 aromatic rings. The third kappa shape index (κ3) is 22.3. The fraction of sp³-hybridized carbons (Fsp3) is 0.636. The van der Waals surface area contributed by atoms with Crippen molar-refractivity contribution in [1.29, 1.82) is 0 Å². The van der Waals surface area contributed by atoms with Crippen LogP contribution in [-0.2, 0) is 22.3 Å². The average molecular weight is 633 g/mol. The molecule has 0 bridgehead atoms. The molecule has 0 aromatic carbocycles. The molecule has 0 aliphatic heterocycles. The lowest BCUT2D eigenvalue weighted by molar-refractivity contribution is 0.295. The van der Waals surface area contributed by atoms with E-state index in [0.29, 0.717) is 25.6 Å². The van der Waals surface area contributed by atoms with Crippen LogP contribution in [0.2, 0.25) is 0 Å². The molecule has 0 aliphatic rings. The Kier molecular flexibility index (Phi) is 22.9. The van der Waals surface area contributed by atoms with Gasteiger partial charge < -0.3 is 23.2 Å². The summed E-state index contributed by atoms with van der Waals surface area (Å²) in [5, 5.41) is 3.04. The number of aryl methyl sites for hydroxylation is 2. The lowest BCUT2D eigenvalue weighted by Crippen LogP contribution is -2.06. The minimum absolute atomic E-state index is 0.340. The van der Waals surface area contributed by atoms with E-state index in [-0.39, 0.29) is 0 Å². The zero-order valence-corrected chi connectivity index (χ0v) is 26.3. The highest BCUT2D eigenvalue weighted by atomic mass is 35.9. The number of hydrogen-bond donors (Lipinski definition) is 1. The topological polar surface area (TPSA) is 69.1 Å². The van der Waals surface area contributed by atoms with Crippen LogP contribution >= 0.6 is 70.4 Å². The van der Waals surface area contributed by atoms with Crippen molar-refractivity contribution in [3.8, 4) is 0 Å². The normalized spacial score (nSPS) is 12.4. The Hall–Kier alpha value is 0.550. The number of unbranched alkanes of at least 4 members (excludes halogenated alkanes) is 2. The van der Waals surface area contributed by atoms with Crippen LogP contribution in [-0.4, -0.2) is 38.6 Å². The standard InChI is InChI=1S/C11H18Cl2NO2P.C6H7Cl2O2P.C5H12ClN/c1-10-5-6-11(16-10)9-15-17(2,13)14-8-4-3-7-12;1-5-2-3-6(10-5)4-9-11(7)8;1-7-5-3-2-4-6/h5-6H,3-4,7-9H2,1-2H3;2-3H,4H2,1H3;7H,2-5H2,1H3. The minimum atomic E-state index is -2.14. The van der Waals surface area contributed by atoms with E-state index in [1.165, 1.54) is 6.42 Å². The van der Waals surface area contributed by atoms with Gasteiger partial charge in [-0.25, -0.2) is 0 Å². The molecule has 204 valence electrons. The van der Waals surface area contributed by atoms with E-state index in [1.54, 1.807) is 0 Å². The summed E-state index contributed by atoms with van der Waals surface area (Å²) in [6, 6.07) is 7.49. The van der Waals surface area contributed by atoms with Gasteiger partial charge in [0, 0.05) is 25.0 Å². The molecule has 1 atom stereocenters. The zero-order chi connectivity index (χ0) is 26.5. The van der Waals surface area contributed by atoms with Crippen LogP contribution in [0.5, 0.6) is 0 Å². The molecule has 2 aromatic heterocycles. The van der Waals surface area contributed by atoms with Crippen molar-refractivity contribution < 1.29 is 17.9 Å². The first-order chi connectivity index (χ1) is 16.6. The third-order valence-electron chi connectivity index (χ3n) is 4.04. The molecule has 6 nitrogen and oxygen atoms in total. The Balaban J connectivity index is 0.000000550. The van der Waals surface area contributed by atoms with Crippen LogP contribution in [0.3, 0.4) is 0 Å². The molecule has 0 aliphatic carbocycles. The number of alkyl halides is 2. The number of nitrogens with zero attached hydrogens (tertiary/aromatic N) is 1. The first-order valence-electron chi connectivity index (χ1n) is 11.1. The molecule has 0 amide bonds. The van der Waals surface area contributed by atoms with E-state index in [9.17, 15) is 0 Å². The van der Waals surface area contributed by atoms with Gasteiger partial charge in [0.25, 0.3) is 0 Å². The van der Waals surface area contributed by atoms with Crippen molar-refractivity contribution in [2.45, 2.75) is 52.7 Å². The van der Waals surface area contributed by atoms with Gasteiger partial charge in [-0.3, -0.25) is 4.74 Å². The lowest BCUT2D eigenvalue weighted by Gasteiger charge is -2.11. The van der Waals surface area contributed by atoms with Gasteiger partial charge in [0.15, 0.2) is 6.63 Å². The fourth-order valence-electron chi connectivity index (χ4n) is 2.31. The summed E-state index contributed by atoms with van der Waals surface area (Å²) in [7, 11) is 1.95. The van der Waals surface area contributed by atoms with Gasteiger partial charge in [0.1, 0.15) is 36.3 Å². The Morgan fingerprint density at radius 1 is 0.914 bits per heavy atom. The van der Waals surface area contributed by atoms with Gasteiger partial charge in [0.2, 0.25) is 6.85 Å². The number of rotatable bonds is 14. The molecule has 35 heavy (non-hydrogen) atoms. The van der Waals surface area contributed by atoms with E-state index in [4.69, 9.17) is 74.8 Å². The summed E-state index contributed by atoms with van der Waals surface area (Å²) < 4.78 is 25.5. The zero-order valence-electron chi connectivity index (χ0n) is 20.7. The highest BCUT2D eigenvalue weighted by molar-refractivity contribution is 8.00. The Morgan fingerprint density at radius 2 is 1.46 bits per heavy atom. The summed E-state index contributed by atoms with van der Waals surface area (Å²) in [4.78, 5) is 0. The van der Waals surface area contributed by atoms with Gasteiger partial charge in [-0.1, -0.05) is 0 Å². The van der Waals surface area contributed by atoms with E-state index in [0.717, 1.165) is 54.7 Å². The van der Waals surface area contributed by atoms with Gasteiger partial charge in [-0.2, -0.15) is 0 Å². The molecular formula is C22H37Cl5N2O4P2. The van der Waals surface area contributed by atoms with E-state index < -0.39 is 13.5 Å². The van der Waals surface area contributed by atoms with Gasteiger partial charge in [0.05, 0.1) is 0 Å². The molecule has 0 fully saturated rings. The maximum absolute atomic E-state index is 6.22. The maximum Gasteiger partial charge on any atom is 0.226 e. The maximum atomic E-state index is 6.22. The molecule has 2 rings (SSSR count). The number of hydrogen-bond acceptors (Lipinski definition) is 6. The molecule has 1 N–H and O–H groups in total. The predicted octanol–water partition coefficient (Wildman–Crippen LogP) is 10.1. The highest BCUT2D eigenvalue weighted by Crippen LogP contribution is 2.53. The van der Waals surface area contributed by atoms with Crippen LogP contribution in [0, 0.1) is 13.8 Å². The molecule has 0 spiro atoms. The summed E-state index contributed by atoms with van der Waals surface area (Å²) in [5.41, 5.74) is 0. The summed E-state index contributed by atoms with van der Waals surface area (Å²) in [6.45, 7) is 4.64. The van der Waals surface area contributed by atoms with Crippen molar-refractivity contribution in [2.75, 3.05) is 38.6 Å². The SMILES string of the molecule is CNCCCCCl.Cc1ccc(COP(C)(Cl)=NCCCCCl)o1.Cc1ccc(COP(Cl)Cl)o1. The molecule has 13 heteroatoms. The Labute approximate surface area is 236 Å². The highest BCUT2D eigenvalue weighted by Gasteiger charge is 2.10. The molecule has 2 heterocycles. The van der Waals surface area contributed by atoms with E-state index >= 15 is 0 Å². The minimum Gasteiger partial charge on any atom is -0.464 e. The lowest BCUT2D eigenvalue weighted by atomic mass is 10.3. The second-order valence-electron chi connectivity index (χ2n) is 7.31. The van der Waals surface area contributed by atoms with Gasteiger partial charge in [-0.05, 0) is 111 Å². The van der Waals surface area contributed by atoms with Crippen LogP contribution < -0.4 is 5.32 Å². The van der Waals surface area contributed by atoms with Crippen molar-refractivity contribution in [3.05, 3.63) is 47.3 Å². The van der Waals surface area contributed by atoms with Crippen LogP contribution in [0.4, 0.5) is 0 Å². The second kappa shape index (κ2) is 22.5. The van der Waals surface area contributed by atoms with Crippen LogP contribution in [0.1, 0.15) is 48.7 Å². The third-order valence-corrected chi connectivity index (χ3v) is 7.41. The number of halogens is 5. The molecule has 0 radical (unpaired) electrons. The van der Waals surface area contributed by atoms with Crippen molar-refractivity contribution in [1.82, 2.24) is 5.32 Å². The summed E-state index contributed by atoms with van der Waals surface area (Å²) in [6.07, 6.45) is 4.23. The Bertz CT molecular complexity index is 811.